The Kier molecular flexibility index (Phi) is 9.29. The predicted octanol–water partition coefficient (Wildman–Crippen LogP) is 4.03. The number of benzene rings is 3. The fourth-order valence-electron chi connectivity index (χ4n) is 5.18. The molecule has 1 aliphatic rings. The molecular formula is C30H30ClFN4O4. The second-order valence-corrected chi connectivity index (χ2v) is 10.1. The molecule has 0 spiro atoms. The molecule has 5 N–H and O–H groups in total. The van der Waals surface area contributed by atoms with Crippen molar-refractivity contribution in [2.45, 2.75) is 37.8 Å². The van der Waals surface area contributed by atoms with E-state index in [0.29, 0.717) is 11.1 Å². The number of rotatable bonds is 10. The number of nitrogens with one attached hydrogen (secondary N) is 1. The summed E-state index contributed by atoms with van der Waals surface area (Å²) in [4.78, 5) is 54.3. The van der Waals surface area contributed by atoms with Crippen LogP contribution in [0, 0.1) is 11.7 Å². The molecule has 0 radical (unpaired) electrons. The zero-order valence-corrected chi connectivity index (χ0v) is 22.4. The summed E-state index contributed by atoms with van der Waals surface area (Å²) in [6, 6.07) is 17.4. The molecule has 0 saturated heterocycles. The van der Waals surface area contributed by atoms with Crippen LogP contribution in [0.3, 0.4) is 0 Å². The quantitative estimate of drug-likeness (QED) is 0.320. The van der Waals surface area contributed by atoms with Gasteiger partial charge < -0.3 is 21.7 Å². The van der Waals surface area contributed by atoms with Crippen LogP contribution in [0.1, 0.15) is 46.8 Å². The molecule has 3 aromatic rings. The van der Waals surface area contributed by atoms with Gasteiger partial charge in [0.25, 0.3) is 0 Å². The monoisotopic (exact) mass is 564 g/mol. The maximum absolute atomic E-state index is 13.9. The van der Waals surface area contributed by atoms with Gasteiger partial charge >= 0.3 is 0 Å². The lowest BCUT2D eigenvalue weighted by atomic mass is 9.79. The summed E-state index contributed by atoms with van der Waals surface area (Å²) in [6.45, 7) is 0.0867. The zero-order chi connectivity index (χ0) is 28.8. The van der Waals surface area contributed by atoms with Crippen molar-refractivity contribution in [3.05, 3.63) is 100 Å². The molecule has 1 aliphatic heterocycles. The highest BCUT2D eigenvalue weighted by Crippen LogP contribution is 2.41. The standard InChI is InChI=1S/C30H30ClFN4O4/c31-23-11-10-20(32)17-24(23)35-30(40)22(14-15-33)28-21-9-5-4-8-19(21)16-25(29(34)39)36(28)27(38)13-12-26(37)18-6-2-1-3-7-18/h1-11,17,22,25,28H,12-16,33H2,(H2,34,39)(H,35,40)/t22-,25?,28?/m0/s1. The van der Waals surface area contributed by atoms with Crippen LogP contribution >= 0.6 is 11.6 Å². The first-order chi connectivity index (χ1) is 19.2. The Morgan fingerprint density at radius 1 is 1.00 bits per heavy atom. The van der Waals surface area contributed by atoms with Gasteiger partial charge in [0, 0.05) is 24.8 Å². The number of nitrogens with two attached hydrogens (primary N) is 2. The maximum Gasteiger partial charge on any atom is 0.240 e. The van der Waals surface area contributed by atoms with Crippen molar-refractivity contribution in [1.29, 1.82) is 0 Å². The summed E-state index contributed by atoms with van der Waals surface area (Å²) >= 11 is 6.19. The number of anilines is 1. The number of nitrogens with zero attached hydrogens (tertiary/aromatic N) is 1. The van der Waals surface area contributed by atoms with E-state index in [9.17, 15) is 23.6 Å². The average molecular weight is 565 g/mol. The number of Topliss-reactive ketones (excluding diaryl/α,β-unsaturated/α-hetero) is 1. The fraction of sp³-hybridized carbons (Fsp3) is 0.267. The molecule has 0 fully saturated rings. The van der Waals surface area contributed by atoms with Crippen molar-refractivity contribution >= 4 is 40.8 Å². The van der Waals surface area contributed by atoms with Crippen LogP contribution < -0.4 is 16.8 Å². The molecule has 3 aromatic carbocycles. The summed E-state index contributed by atoms with van der Waals surface area (Å²) in [7, 11) is 0. The number of carbonyl (C=O) groups is 4. The van der Waals surface area contributed by atoms with Crippen molar-refractivity contribution in [3.63, 3.8) is 0 Å². The Balaban J connectivity index is 1.71. The topological polar surface area (TPSA) is 136 Å². The van der Waals surface area contributed by atoms with Crippen LogP contribution in [-0.2, 0) is 20.8 Å². The molecule has 0 saturated carbocycles. The van der Waals surface area contributed by atoms with Crippen molar-refractivity contribution in [2.24, 2.45) is 17.4 Å². The van der Waals surface area contributed by atoms with E-state index < -0.39 is 41.5 Å². The van der Waals surface area contributed by atoms with Gasteiger partial charge in [-0.15, -0.1) is 0 Å². The van der Waals surface area contributed by atoms with Crippen molar-refractivity contribution in [1.82, 2.24) is 4.90 Å². The number of fused-ring (bicyclic) bond motifs is 1. The number of halogens is 2. The first kappa shape index (κ1) is 28.9. The minimum Gasteiger partial charge on any atom is -0.368 e. The summed E-state index contributed by atoms with van der Waals surface area (Å²) in [5, 5.41) is 2.80. The van der Waals surface area contributed by atoms with Crippen molar-refractivity contribution < 1.29 is 23.6 Å². The number of amides is 3. The van der Waals surface area contributed by atoms with Gasteiger partial charge in [0.15, 0.2) is 5.78 Å². The molecule has 0 aliphatic carbocycles. The van der Waals surface area contributed by atoms with E-state index in [4.69, 9.17) is 23.1 Å². The van der Waals surface area contributed by atoms with Gasteiger partial charge in [0.2, 0.25) is 17.7 Å². The number of hydrogen-bond donors (Lipinski definition) is 3. The fourth-order valence-corrected chi connectivity index (χ4v) is 5.35. The minimum atomic E-state index is -1.05. The first-order valence-corrected chi connectivity index (χ1v) is 13.3. The largest absolute Gasteiger partial charge is 0.368 e. The third-order valence-electron chi connectivity index (χ3n) is 7.08. The van der Waals surface area contributed by atoms with Gasteiger partial charge in [-0.25, -0.2) is 4.39 Å². The smallest absolute Gasteiger partial charge is 0.240 e. The lowest BCUT2D eigenvalue weighted by Gasteiger charge is -2.45. The summed E-state index contributed by atoms with van der Waals surface area (Å²) in [6.07, 6.45) is 0.0117. The molecule has 3 amide bonds. The molecule has 40 heavy (non-hydrogen) atoms. The van der Waals surface area contributed by atoms with Crippen molar-refractivity contribution in [2.75, 3.05) is 11.9 Å². The van der Waals surface area contributed by atoms with Crippen LogP contribution in [0.2, 0.25) is 5.02 Å². The Morgan fingerprint density at radius 2 is 1.70 bits per heavy atom. The highest BCUT2D eigenvalue weighted by molar-refractivity contribution is 6.33. The van der Waals surface area contributed by atoms with Gasteiger partial charge in [-0.3, -0.25) is 19.2 Å². The van der Waals surface area contributed by atoms with E-state index in [1.807, 2.05) is 6.07 Å². The average Bonchev–Trinajstić information content (AvgIpc) is 2.95. The van der Waals surface area contributed by atoms with Gasteiger partial charge in [-0.2, -0.15) is 0 Å². The molecular weight excluding hydrogens is 535 g/mol. The van der Waals surface area contributed by atoms with Crippen molar-refractivity contribution in [3.8, 4) is 0 Å². The van der Waals surface area contributed by atoms with E-state index >= 15 is 0 Å². The minimum absolute atomic E-state index is 0.0653. The van der Waals surface area contributed by atoms with E-state index in [0.717, 1.165) is 11.6 Å². The van der Waals surface area contributed by atoms with Crippen LogP contribution in [0.25, 0.3) is 0 Å². The maximum atomic E-state index is 13.9. The first-order valence-electron chi connectivity index (χ1n) is 12.9. The van der Waals surface area contributed by atoms with Gasteiger partial charge in [0.1, 0.15) is 11.9 Å². The molecule has 1 heterocycles. The van der Waals surface area contributed by atoms with Crippen LogP contribution in [0.4, 0.5) is 10.1 Å². The molecule has 10 heteroatoms. The number of primary amides is 1. The van der Waals surface area contributed by atoms with E-state index in [-0.39, 0.29) is 48.7 Å². The molecule has 208 valence electrons. The van der Waals surface area contributed by atoms with Crippen LogP contribution in [-0.4, -0.2) is 41.0 Å². The summed E-state index contributed by atoms with van der Waals surface area (Å²) in [5.74, 6) is -3.54. The Morgan fingerprint density at radius 3 is 2.40 bits per heavy atom. The highest BCUT2D eigenvalue weighted by atomic mass is 35.5. The third-order valence-corrected chi connectivity index (χ3v) is 7.41. The van der Waals surface area contributed by atoms with E-state index in [1.54, 1.807) is 48.5 Å². The summed E-state index contributed by atoms with van der Waals surface area (Å²) < 4.78 is 13.9. The van der Waals surface area contributed by atoms with E-state index in [2.05, 4.69) is 5.32 Å². The van der Waals surface area contributed by atoms with Gasteiger partial charge in [-0.1, -0.05) is 66.2 Å². The second kappa shape index (κ2) is 12.8. The Bertz CT molecular complexity index is 1420. The molecule has 0 aromatic heterocycles. The molecule has 8 nitrogen and oxygen atoms in total. The zero-order valence-electron chi connectivity index (χ0n) is 21.7. The SMILES string of the molecule is NCC[C@H](C(=O)Nc1cc(F)ccc1Cl)C1c2ccccc2CC(C(N)=O)N1C(=O)CCC(=O)c1ccccc1. The number of carbonyl (C=O) groups excluding carboxylic acids is 4. The normalized spacial score (nSPS) is 17.0. The third kappa shape index (κ3) is 6.38. The van der Waals surface area contributed by atoms with Gasteiger partial charge in [-0.05, 0) is 42.3 Å². The Labute approximate surface area is 236 Å². The molecule has 2 unspecified atom stereocenters. The lowest BCUT2D eigenvalue weighted by molar-refractivity contribution is -0.146. The van der Waals surface area contributed by atoms with Crippen LogP contribution in [0.15, 0.2) is 72.8 Å². The number of hydrogen-bond acceptors (Lipinski definition) is 5. The second-order valence-electron chi connectivity index (χ2n) is 9.65. The van der Waals surface area contributed by atoms with E-state index in [1.165, 1.54) is 17.0 Å². The number of ketones is 1. The molecule has 4 rings (SSSR count). The molecule has 3 atom stereocenters. The Hall–Kier alpha value is -4.08. The highest BCUT2D eigenvalue weighted by Gasteiger charge is 2.45. The molecule has 0 bridgehead atoms. The summed E-state index contributed by atoms with van der Waals surface area (Å²) in [5.41, 5.74) is 13.7. The van der Waals surface area contributed by atoms with Gasteiger partial charge in [0.05, 0.1) is 22.7 Å². The lowest BCUT2D eigenvalue weighted by Crippen LogP contribution is -2.56. The van der Waals surface area contributed by atoms with Crippen LogP contribution in [0.5, 0.6) is 0 Å². The predicted molar refractivity (Wildman–Crippen MR) is 150 cm³/mol.